The third-order valence-electron chi connectivity index (χ3n) is 0. The van der Waals surface area contributed by atoms with Gasteiger partial charge in [0.05, 0.1) is 0 Å². The zero-order valence-electron chi connectivity index (χ0n) is 1.22. The van der Waals surface area contributed by atoms with Crippen LogP contribution in [0.15, 0.2) is 0 Å². The Bertz CT molecular complexity index is 6.00. The van der Waals surface area contributed by atoms with Crippen LogP contribution in [0.4, 0.5) is 0 Å². The second-order valence-corrected chi connectivity index (χ2v) is 0. The van der Waals surface area contributed by atoms with Crippen molar-refractivity contribution in [3.8, 4) is 0 Å². The van der Waals surface area contributed by atoms with Crippen LogP contribution in [0.1, 0.15) is 7.43 Å². The topological polar surface area (TPSA) is 0 Å². The Morgan fingerprint density at radius 3 is 0.750 bits per heavy atom. The molecule has 3 heteroatoms. The third-order valence-corrected chi connectivity index (χ3v) is 0. The molecule has 0 unspecified atom stereocenters. The molecular formula is CH6Cl2Cr. The zero-order valence-corrected chi connectivity index (χ0v) is 4.13. The average Bonchev–Trinajstić information content (AvgIpc) is 0. The van der Waals surface area contributed by atoms with Gasteiger partial charge in [0, 0.05) is 17.4 Å². The van der Waals surface area contributed by atoms with E-state index in [2.05, 4.69) is 0 Å². The molecule has 0 radical (unpaired) electrons. The first-order valence-corrected chi connectivity index (χ1v) is 0. The first kappa shape index (κ1) is 69.9. The minimum Gasteiger partial charge on any atom is -0.147 e. The van der Waals surface area contributed by atoms with E-state index in [4.69, 9.17) is 0 Å². The van der Waals surface area contributed by atoms with Crippen LogP contribution in [0, 0.1) is 0 Å². The van der Waals surface area contributed by atoms with Gasteiger partial charge in [0.15, 0.2) is 0 Å². The van der Waals surface area contributed by atoms with Gasteiger partial charge in [-0.05, 0) is 0 Å². The molecule has 0 saturated carbocycles. The van der Waals surface area contributed by atoms with Gasteiger partial charge in [-0.1, -0.05) is 7.43 Å². The standard InChI is InChI=1S/CH4.2ClH.Cr/h1H4;2*1H;. The second kappa shape index (κ2) is 32.2. The maximum absolute atomic E-state index is 0. The van der Waals surface area contributed by atoms with Crippen LogP contribution in [0.25, 0.3) is 0 Å². The van der Waals surface area contributed by atoms with Gasteiger partial charge in [0.1, 0.15) is 0 Å². The van der Waals surface area contributed by atoms with E-state index in [9.17, 15) is 0 Å². The first-order chi connectivity index (χ1) is 0. The Morgan fingerprint density at radius 2 is 0.750 bits per heavy atom. The maximum atomic E-state index is 0. The molecule has 30 valence electrons. The molecule has 0 heterocycles. The molecule has 0 N–H and O–H groups in total. The van der Waals surface area contributed by atoms with Crippen molar-refractivity contribution in [3.63, 3.8) is 0 Å². The molecule has 0 nitrogen and oxygen atoms in total. The monoisotopic (exact) mass is 140 g/mol. The molecule has 0 aromatic rings. The van der Waals surface area contributed by atoms with Gasteiger partial charge in [-0.25, -0.2) is 0 Å². The van der Waals surface area contributed by atoms with E-state index in [0.29, 0.717) is 0 Å². The van der Waals surface area contributed by atoms with Crippen molar-refractivity contribution in [2.45, 2.75) is 7.43 Å². The van der Waals surface area contributed by atoms with Gasteiger partial charge in [0.25, 0.3) is 0 Å². The summed E-state index contributed by atoms with van der Waals surface area (Å²) in [7, 11) is 0. The quantitative estimate of drug-likeness (QED) is 0.479. The van der Waals surface area contributed by atoms with Crippen LogP contribution >= 0.6 is 24.8 Å². The summed E-state index contributed by atoms with van der Waals surface area (Å²) in [6.45, 7) is 0. The Hall–Kier alpha value is 1.11. The van der Waals surface area contributed by atoms with Crippen molar-refractivity contribution in [3.05, 3.63) is 0 Å². The van der Waals surface area contributed by atoms with Crippen molar-refractivity contribution >= 4 is 24.8 Å². The molecular weight excluding hydrogens is 135 g/mol. The molecule has 0 bridgehead atoms. The van der Waals surface area contributed by atoms with Crippen molar-refractivity contribution in [2.75, 3.05) is 0 Å². The number of halogens is 2. The fraction of sp³-hybridized carbons (Fsp3) is 1.00. The Morgan fingerprint density at radius 1 is 0.750 bits per heavy atom. The summed E-state index contributed by atoms with van der Waals surface area (Å²) in [4.78, 5) is 0. The zero-order chi connectivity index (χ0) is 0. The predicted molar refractivity (Wildman–Crippen MR) is 21.2 cm³/mol. The van der Waals surface area contributed by atoms with Gasteiger partial charge < -0.3 is 0 Å². The Labute approximate surface area is 49.9 Å². The van der Waals surface area contributed by atoms with E-state index < -0.39 is 0 Å². The number of hydrogen-bond donors (Lipinski definition) is 0. The van der Waals surface area contributed by atoms with Crippen molar-refractivity contribution < 1.29 is 17.4 Å². The van der Waals surface area contributed by atoms with Crippen LogP contribution in [0.2, 0.25) is 0 Å². The van der Waals surface area contributed by atoms with Gasteiger partial charge in [-0.15, -0.1) is 24.8 Å². The summed E-state index contributed by atoms with van der Waals surface area (Å²) in [5.74, 6) is 0. The Kier molecular flexibility index (Phi) is 562. The molecule has 0 rings (SSSR count). The van der Waals surface area contributed by atoms with Crippen molar-refractivity contribution in [1.29, 1.82) is 0 Å². The molecule has 0 aliphatic carbocycles. The summed E-state index contributed by atoms with van der Waals surface area (Å²) >= 11 is 0. The van der Waals surface area contributed by atoms with Crippen LogP contribution in [-0.2, 0) is 17.4 Å². The van der Waals surface area contributed by atoms with E-state index in [-0.39, 0.29) is 49.6 Å². The normalized spacial score (nSPS) is 0. The molecule has 0 fully saturated rings. The SMILES string of the molecule is C.Cl.Cl.[Cr]. The van der Waals surface area contributed by atoms with Gasteiger partial charge in [0.2, 0.25) is 0 Å². The minimum atomic E-state index is 0. The number of hydrogen-bond acceptors (Lipinski definition) is 0. The average molecular weight is 141 g/mol. The molecule has 0 amide bonds. The molecule has 0 spiro atoms. The molecule has 0 aliphatic heterocycles. The minimum absolute atomic E-state index is 0. The maximum Gasteiger partial charge on any atom is 0 e. The fourth-order valence-corrected chi connectivity index (χ4v) is 0. The summed E-state index contributed by atoms with van der Waals surface area (Å²) in [5.41, 5.74) is 0. The van der Waals surface area contributed by atoms with E-state index in [0.717, 1.165) is 0 Å². The van der Waals surface area contributed by atoms with Gasteiger partial charge in [-0.3, -0.25) is 0 Å². The first-order valence-electron chi connectivity index (χ1n) is 0. The fourth-order valence-electron chi connectivity index (χ4n) is 0. The molecule has 0 aromatic heterocycles. The molecule has 0 atom stereocenters. The number of rotatable bonds is 0. The molecule has 0 aliphatic rings. The van der Waals surface area contributed by atoms with E-state index in [1.165, 1.54) is 0 Å². The van der Waals surface area contributed by atoms with Gasteiger partial charge in [-0.2, -0.15) is 0 Å². The van der Waals surface area contributed by atoms with E-state index in [1.54, 1.807) is 0 Å². The summed E-state index contributed by atoms with van der Waals surface area (Å²) < 4.78 is 0. The van der Waals surface area contributed by atoms with Crippen molar-refractivity contribution in [2.24, 2.45) is 0 Å². The van der Waals surface area contributed by atoms with Gasteiger partial charge >= 0.3 is 0 Å². The van der Waals surface area contributed by atoms with Crippen LogP contribution in [-0.4, -0.2) is 0 Å². The predicted octanol–water partition coefficient (Wildman–Crippen LogP) is 1.48. The molecule has 4 heavy (non-hydrogen) atoms. The van der Waals surface area contributed by atoms with Crippen molar-refractivity contribution in [1.82, 2.24) is 0 Å². The summed E-state index contributed by atoms with van der Waals surface area (Å²) in [5, 5.41) is 0. The molecule has 0 saturated heterocycles. The largest absolute Gasteiger partial charge is 0.147 e. The summed E-state index contributed by atoms with van der Waals surface area (Å²) in [6, 6.07) is 0. The van der Waals surface area contributed by atoms with E-state index >= 15 is 0 Å². The molecule has 0 aromatic carbocycles. The smallest absolute Gasteiger partial charge is 0 e. The second-order valence-electron chi connectivity index (χ2n) is 0. The summed E-state index contributed by atoms with van der Waals surface area (Å²) in [6.07, 6.45) is 0. The van der Waals surface area contributed by atoms with Crippen LogP contribution in [0.5, 0.6) is 0 Å². The Balaban J connectivity index is 0. The van der Waals surface area contributed by atoms with E-state index in [1.807, 2.05) is 0 Å². The van der Waals surface area contributed by atoms with Crippen LogP contribution in [0.3, 0.4) is 0 Å². The third kappa shape index (κ3) is 11.2. The van der Waals surface area contributed by atoms with Crippen LogP contribution < -0.4 is 0 Å².